The first-order valence-corrected chi connectivity index (χ1v) is 6.71. The van der Waals surface area contributed by atoms with Gasteiger partial charge in [0, 0.05) is 0 Å². The van der Waals surface area contributed by atoms with Crippen molar-refractivity contribution in [3.05, 3.63) is 53.6 Å². The van der Waals surface area contributed by atoms with Crippen LogP contribution in [0.4, 0.5) is 0 Å². The summed E-state index contributed by atoms with van der Waals surface area (Å²) in [7, 11) is 1.59. The number of hydrogen-bond donors (Lipinski definition) is 0. The van der Waals surface area contributed by atoms with Crippen molar-refractivity contribution in [3.63, 3.8) is 0 Å². The van der Waals surface area contributed by atoms with Gasteiger partial charge in [-0.1, -0.05) is 57.2 Å². The number of hydrogen-bond acceptors (Lipinski definition) is 2. The molecule has 2 nitrogen and oxygen atoms in total. The Labute approximate surface area is 120 Å². The monoisotopic (exact) mass is 268 g/mol. The van der Waals surface area contributed by atoms with Crippen molar-refractivity contribution in [2.24, 2.45) is 0 Å². The minimum absolute atomic E-state index is 0.143. The van der Waals surface area contributed by atoms with Gasteiger partial charge < -0.3 is 4.74 Å². The predicted molar refractivity (Wildman–Crippen MR) is 82.5 cm³/mol. The quantitative estimate of drug-likeness (QED) is 0.768. The molecule has 0 radical (unpaired) electrons. The molecule has 0 saturated heterocycles. The zero-order chi connectivity index (χ0) is 14.8. The first kappa shape index (κ1) is 14.3. The molecule has 2 aromatic carbocycles. The molecule has 0 saturated carbocycles. The fourth-order valence-corrected chi connectivity index (χ4v) is 2.56. The lowest BCUT2D eigenvalue weighted by Crippen LogP contribution is -2.16. The van der Waals surface area contributed by atoms with Crippen molar-refractivity contribution in [3.8, 4) is 16.9 Å². The van der Waals surface area contributed by atoms with Crippen LogP contribution in [0.5, 0.6) is 5.75 Å². The van der Waals surface area contributed by atoms with Crippen LogP contribution in [0.2, 0.25) is 0 Å². The summed E-state index contributed by atoms with van der Waals surface area (Å²) < 4.78 is 5.33. The van der Waals surface area contributed by atoms with Gasteiger partial charge in [0.05, 0.1) is 12.7 Å². The van der Waals surface area contributed by atoms with E-state index in [0.717, 1.165) is 23.0 Å². The average molecular weight is 268 g/mol. The standard InChI is InChI=1S/C18H20O2/c1-18(2,3)17-14(13-8-6-5-7-9-13)10-11-16(20-4)15(17)12-19/h5-12H,1-4H3. The Morgan fingerprint density at radius 2 is 1.65 bits per heavy atom. The van der Waals surface area contributed by atoms with E-state index in [9.17, 15) is 4.79 Å². The van der Waals surface area contributed by atoms with Gasteiger partial charge in [-0.2, -0.15) is 0 Å². The van der Waals surface area contributed by atoms with E-state index < -0.39 is 0 Å². The summed E-state index contributed by atoms with van der Waals surface area (Å²) in [5.74, 6) is 0.629. The SMILES string of the molecule is COc1ccc(-c2ccccc2)c(C(C)(C)C)c1C=O. The van der Waals surface area contributed by atoms with Gasteiger partial charge >= 0.3 is 0 Å². The molecule has 0 aliphatic rings. The van der Waals surface area contributed by atoms with E-state index in [-0.39, 0.29) is 5.41 Å². The van der Waals surface area contributed by atoms with Gasteiger partial charge in [0.25, 0.3) is 0 Å². The van der Waals surface area contributed by atoms with E-state index in [1.807, 2.05) is 30.3 Å². The molecule has 0 atom stereocenters. The predicted octanol–water partition coefficient (Wildman–Crippen LogP) is 4.47. The van der Waals surface area contributed by atoms with E-state index in [1.165, 1.54) is 0 Å². The van der Waals surface area contributed by atoms with Gasteiger partial charge in [-0.25, -0.2) is 0 Å². The largest absolute Gasteiger partial charge is 0.496 e. The Bertz CT molecular complexity index is 607. The summed E-state index contributed by atoms with van der Waals surface area (Å²) in [5.41, 5.74) is 3.72. The van der Waals surface area contributed by atoms with Crippen LogP contribution in [-0.2, 0) is 5.41 Å². The minimum atomic E-state index is -0.143. The van der Waals surface area contributed by atoms with Crippen molar-refractivity contribution < 1.29 is 9.53 Å². The van der Waals surface area contributed by atoms with Crippen LogP contribution in [0, 0.1) is 0 Å². The summed E-state index contributed by atoms with van der Waals surface area (Å²) in [6.07, 6.45) is 0.895. The highest BCUT2D eigenvalue weighted by Gasteiger charge is 2.24. The molecule has 2 heteroatoms. The van der Waals surface area contributed by atoms with Crippen LogP contribution in [0.1, 0.15) is 36.7 Å². The molecule has 0 heterocycles. The number of rotatable bonds is 3. The molecule has 0 aliphatic heterocycles. The van der Waals surface area contributed by atoms with Crippen LogP contribution >= 0.6 is 0 Å². The maximum atomic E-state index is 11.6. The van der Waals surface area contributed by atoms with Crippen LogP contribution in [0.3, 0.4) is 0 Å². The highest BCUT2D eigenvalue weighted by atomic mass is 16.5. The number of carbonyl (C=O) groups excluding carboxylic acids is 1. The Balaban J connectivity index is 2.79. The Morgan fingerprint density at radius 3 is 2.15 bits per heavy atom. The second-order valence-electron chi connectivity index (χ2n) is 5.84. The molecule has 0 amide bonds. The maximum absolute atomic E-state index is 11.6. The molecule has 104 valence electrons. The normalized spacial score (nSPS) is 11.2. The molecule has 0 aliphatic carbocycles. The molecular weight excluding hydrogens is 248 g/mol. The zero-order valence-electron chi connectivity index (χ0n) is 12.4. The van der Waals surface area contributed by atoms with Crippen LogP contribution in [-0.4, -0.2) is 13.4 Å². The number of ether oxygens (including phenoxy) is 1. The van der Waals surface area contributed by atoms with E-state index in [4.69, 9.17) is 4.74 Å². The van der Waals surface area contributed by atoms with Crippen molar-refractivity contribution in [2.75, 3.05) is 7.11 Å². The molecular formula is C18H20O2. The maximum Gasteiger partial charge on any atom is 0.154 e. The Morgan fingerprint density at radius 1 is 1.00 bits per heavy atom. The minimum Gasteiger partial charge on any atom is -0.496 e. The first-order valence-electron chi connectivity index (χ1n) is 6.71. The fourth-order valence-electron chi connectivity index (χ4n) is 2.56. The summed E-state index contributed by atoms with van der Waals surface area (Å²) in [4.78, 5) is 11.6. The van der Waals surface area contributed by atoms with E-state index >= 15 is 0 Å². The summed E-state index contributed by atoms with van der Waals surface area (Å²) in [6, 6.07) is 14.0. The van der Waals surface area contributed by atoms with Crippen molar-refractivity contribution in [2.45, 2.75) is 26.2 Å². The van der Waals surface area contributed by atoms with Gasteiger partial charge in [0.15, 0.2) is 6.29 Å². The number of methoxy groups -OCH3 is 1. The molecule has 0 spiro atoms. The van der Waals surface area contributed by atoms with Gasteiger partial charge in [0.1, 0.15) is 5.75 Å². The van der Waals surface area contributed by atoms with Crippen molar-refractivity contribution in [1.29, 1.82) is 0 Å². The molecule has 2 rings (SSSR count). The van der Waals surface area contributed by atoms with Crippen LogP contribution in [0.15, 0.2) is 42.5 Å². The topological polar surface area (TPSA) is 26.3 Å². The highest BCUT2D eigenvalue weighted by Crippen LogP contribution is 2.38. The smallest absolute Gasteiger partial charge is 0.154 e. The van der Waals surface area contributed by atoms with E-state index in [2.05, 4.69) is 32.9 Å². The van der Waals surface area contributed by atoms with Crippen LogP contribution in [0.25, 0.3) is 11.1 Å². The average Bonchev–Trinajstić information content (AvgIpc) is 2.45. The second-order valence-corrected chi connectivity index (χ2v) is 5.84. The van der Waals surface area contributed by atoms with Crippen molar-refractivity contribution in [1.82, 2.24) is 0 Å². The van der Waals surface area contributed by atoms with Gasteiger partial charge in [0.2, 0.25) is 0 Å². The molecule has 0 N–H and O–H groups in total. The summed E-state index contributed by atoms with van der Waals surface area (Å²) >= 11 is 0. The molecule has 2 aromatic rings. The van der Waals surface area contributed by atoms with E-state index in [0.29, 0.717) is 11.3 Å². The molecule has 20 heavy (non-hydrogen) atoms. The third kappa shape index (κ3) is 2.60. The lowest BCUT2D eigenvalue weighted by molar-refractivity contribution is 0.111. The molecule has 0 bridgehead atoms. The second kappa shape index (κ2) is 5.49. The first-order chi connectivity index (χ1) is 9.49. The Hall–Kier alpha value is -2.09. The van der Waals surface area contributed by atoms with Gasteiger partial charge in [-0.05, 0) is 28.2 Å². The lowest BCUT2D eigenvalue weighted by Gasteiger charge is -2.26. The third-order valence-corrected chi connectivity index (χ3v) is 3.38. The number of aldehydes is 1. The number of carbonyl (C=O) groups is 1. The zero-order valence-corrected chi connectivity index (χ0v) is 12.4. The highest BCUT2D eigenvalue weighted by molar-refractivity contribution is 5.87. The molecule has 0 unspecified atom stereocenters. The Kier molecular flexibility index (Phi) is 3.93. The van der Waals surface area contributed by atoms with Crippen molar-refractivity contribution >= 4 is 6.29 Å². The van der Waals surface area contributed by atoms with Gasteiger partial charge in [-0.3, -0.25) is 4.79 Å². The number of benzene rings is 2. The fraction of sp³-hybridized carbons (Fsp3) is 0.278. The molecule has 0 fully saturated rings. The summed E-state index contributed by atoms with van der Waals surface area (Å²) in [6.45, 7) is 6.34. The summed E-state index contributed by atoms with van der Waals surface area (Å²) in [5, 5.41) is 0. The third-order valence-electron chi connectivity index (χ3n) is 3.38. The molecule has 0 aromatic heterocycles. The lowest BCUT2D eigenvalue weighted by atomic mass is 9.79. The van der Waals surface area contributed by atoms with Gasteiger partial charge in [-0.15, -0.1) is 0 Å². The van der Waals surface area contributed by atoms with Crippen LogP contribution < -0.4 is 4.74 Å². The van der Waals surface area contributed by atoms with E-state index in [1.54, 1.807) is 7.11 Å².